The zero-order chi connectivity index (χ0) is 34.1. The summed E-state index contributed by atoms with van der Waals surface area (Å²) in [6.45, 7) is 4.06. The Hall–Kier alpha value is -4.43. The van der Waals surface area contributed by atoms with Gasteiger partial charge in [-0.1, -0.05) is 66.7 Å². The summed E-state index contributed by atoms with van der Waals surface area (Å²) in [5, 5.41) is 26.8. The molecule has 3 N–H and O–H groups in total. The molecule has 1 aliphatic rings. The third-order valence-corrected chi connectivity index (χ3v) is 9.64. The Morgan fingerprint density at radius 2 is 1.83 bits per heavy atom. The lowest BCUT2D eigenvalue weighted by Crippen LogP contribution is -2.44. The first-order valence-electron chi connectivity index (χ1n) is 15.2. The van der Waals surface area contributed by atoms with Gasteiger partial charge in [-0.3, -0.25) is 13.9 Å². The number of rotatable bonds is 12. The van der Waals surface area contributed by atoms with E-state index in [-0.39, 0.29) is 18.2 Å². The quantitative estimate of drug-likeness (QED) is 0.126. The first-order chi connectivity index (χ1) is 23.0. The number of esters is 1. The van der Waals surface area contributed by atoms with E-state index in [0.29, 0.717) is 22.4 Å². The third-order valence-electron chi connectivity index (χ3n) is 8.01. The van der Waals surface area contributed by atoms with E-state index >= 15 is 0 Å². The number of carbonyl (C=O) groups excluding carboxylic acids is 1. The molecule has 0 amide bonds. The second kappa shape index (κ2) is 13.6. The van der Waals surface area contributed by atoms with Gasteiger partial charge in [-0.2, -0.15) is 10.1 Å². The first kappa shape index (κ1) is 33.5. The minimum Gasteiger partial charge on any atom is -0.479 e. The first-order valence-corrected chi connectivity index (χ1v) is 16.7. The number of ether oxygens (including phenoxy) is 3. The van der Waals surface area contributed by atoms with Crippen molar-refractivity contribution in [1.82, 2.24) is 24.6 Å². The average Bonchev–Trinajstić information content (AvgIpc) is 3.59. The Morgan fingerprint density at radius 1 is 1.10 bits per heavy atom. The molecule has 6 rings (SSSR count). The standard InChI is InChI=1S/C33H36N5O9P/c1-20(31(40)44-17-22-11-6-5-7-12-22)37-48(42,47-25-16-10-14-23-13-8-9-15-24(23)25)45-18-26-28(39)33(3,41)32(46-26)38-19-34-27-29(38)35-21(2)36-30(27)43-4/h5-16,19-20,26,28,32,39,41H,17-18H2,1-4H3,(H,37,42)/t20-,26+,28+,32?,33+,48?/m0/s1. The number of imidazole rings is 1. The van der Waals surface area contributed by atoms with E-state index in [4.69, 9.17) is 23.3 Å². The lowest BCUT2D eigenvalue weighted by Gasteiger charge is -2.27. The van der Waals surface area contributed by atoms with Crippen molar-refractivity contribution in [3.63, 3.8) is 0 Å². The summed E-state index contributed by atoms with van der Waals surface area (Å²) in [6.07, 6.45) is -2.49. The van der Waals surface area contributed by atoms with Crippen molar-refractivity contribution in [1.29, 1.82) is 0 Å². The zero-order valence-corrected chi connectivity index (χ0v) is 27.6. The molecule has 3 heterocycles. The van der Waals surface area contributed by atoms with E-state index in [2.05, 4.69) is 20.0 Å². The summed E-state index contributed by atoms with van der Waals surface area (Å²) in [7, 11) is -2.93. The highest BCUT2D eigenvalue weighted by Gasteiger charge is 2.54. The summed E-state index contributed by atoms with van der Waals surface area (Å²) in [5.41, 5.74) is -0.435. The molecule has 0 spiro atoms. The molecule has 15 heteroatoms. The molecule has 6 atom stereocenters. The van der Waals surface area contributed by atoms with Crippen LogP contribution in [0.15, 0.2) is 79.1 Å². The summed E-state index contributed by atoms with van der Waals surface area (Å²) in [6, 6.07) is 20.6. The van der Waals surface area contributed by atoms with Crippen LogP contribution in [0.4, 0.5) is 0 Å². The predicted molar refractivity (Wildman–Crippen MR) is 174 cm³/mol. The van der Waals surface area contributed by atoms with Crippen LogP contribution in [0.2, 0.25) is 0 Å². The van der Waals surface area contributed by atoms with Gasteiger partial charge in [0, 0.05) is 5.39 Å². The SMILES string of the molecule is COc1nc(C)nc2c1ncn2C1O[C@H](COP(=O)(N[C@@H](C)C(=O)OCc2ccccc2)Oc2cccc3ccccc23)[C@@H](O)[C@@]1(C)O. The van der Waals surface area contributed by atoms with E-state index in [1.54, 1.807) is 25.1 Å². The smallest absolute Gasteiger partial charge is 0.459 e. The molecule has 2 unspecified atom stereocenters. The molecule has 0 radical (unpaired) electrons. The molecule has 0 saturated carbocycles. The third kappa shape index (κ3) is 6.76. The van der Waals surface area contributed by atoms with Crippen molar-refractivity contribution in [3.8, 4) is 11.6 Å². The average molecular weight is 678 g/mol. The Morgan fingerprint density at radius 3 is 2.60 bits per heavy atom. The van der Waals surface area contributed by atoms with Crippen molar-refractivity contribution >= 4 is 35.7 Å². The molecular formula is C33H36N5O9P. The maximum Gasteiger partial charge on any atom is 0.459 e. The van der Waals surface area contributed by atoms with E-state index in [1.165, 1.54) is 31.9 Å². The second-order valence-corrected chi connectivity index (χ2v) is 13.3. The lowest BCUT2D eigenvalue weighted by atomic mass is 9.96. The van der Waals surface area contributed by atoms with Crippen molar-refractivity contribution in [2.45, 2.75) is 57.5 Å². The minimum absolute atomic E-state index is 0.0128. The van der Waals surface area contributed by atoms with Gasteiger partial charge in [0.2, 0.25) is 5.88 Å². The van der Waals surface area contributed by atoms with Crippen LogP contribution >= 0.6 is 7.75 Å². The molecule has 3 aromatic carbocycles. The van der Waals surface area contributed by atoms with E-state index in [1.807, 2.05) is 54.6 Å². The van der Waals surface area contributed by atoms with Crippen LogP contribution in [-0.4, -0.2) is 73.3 Å². The highest BCUT2D eigenvalue weighted by Crippen LogP contribution is 2.48. The number of methoxy groups -OCH3 is 1. The molecule has 0 bridgehead atoms. The Balaban J connectivity index is 1.24. The zero-order valence-electron chi connectivity index (χ0n) is 26.7. The Labute approximate surface area is 276 Å². The summed E-state index contributed by atoms with van der Waals surface area (Å²) in [5.74, 6) is 0.181. The van der Waals surface area contributed by atoms with Crippen molar-refractivity contribution in [2.24, 2.45) is 0 Å². The van der Waals surface area contributed by atoms with Crippen LogP contribution in [0.1, 0.15) is 31.5 Å². The molecule has 0 aliphatic carbocycles. The molecule has 48 heavy (non-hydrogen) atoms. The van der Waals surface area contributed by atoms with Gasteiger partial charge in [0.1, 0.15) is 42.0 Å². The van der Waals surface area contributed by atoms with Gasteiger partial charge in [-0.25, -0.2) is 14.5 Å². The van der Waals surface area contributed by atoms with E-state index in [0.717, 1.165) is 10.9 Å². The summed E-state index contributed by atoms with van der Waals surface area (Å²) in [4.78, 5) is 26.0. The number of aromatic nitrogens is 4. The largest absolute Gasteiger partial charge is 0.479 e. The maximum atomic E-state index is 14.4. The van der Waals surface area contributed by atoms with Gasteiger partial charge in [0.15, 0.2) is 17.4 Å². The number of aryl methyl sites for hydroxylation is 1. The van der Waals surface area contributed by atoms with Gasteiger partial charge in [-0.05, 0) is 37.8 Å². The molecule has 252 valence electrons. The molecule has 1 aliphatic heterocycles. The van der Waals surface area contributed by atoms with Crippen LogP contribution < -0.4 is 14.3 Å². The highest BCUT2D eigenvalue weighted by molar-refractivity contribution is 7.52. The van der Waals surface area contributed by atoms with Crippen molar-refractivity contribution in [2.75, 3.05) is 13.7 Å². The van der Waals surface area contributed by atoms with Gasteiger partial charge < -0.3 is 28.9 Å². The normalized spacial score (nSPS) is 22.8. The van der Waals surface area contributed by atoms with Gasteiger partial charge in [-0.15, -0.1) is 0 Å². The number of nitrogens with zero attached hydrogens (tertiary/aromatic N) is 4. The maximum absolute atomic E-state index is 14.4. The van der Waals surface area contributed by atoms with Gasteiger partial charge in [0.25, 0.3) is 0 Å². The fourth-order valence-corrected chi connectivity index (χ4v) is 7.02. The number of hydrogen-bond acceptors (Lipinski definition) is 12. The number of nitrogens with one attached hydrogen (secondary N) is 1. The van der Waals surface area contributed by atoms with Gasteiger partial charge >= 0.3 is 13.7 Å². The Bertz CT molecular complexity index is 1970. The molecule has 2 aromatic heterocycles. The topological polar surface area (TPSA) is 176 Å². The highest BCUT2D eigenvalue weighted by atomic mass is 31.2. The van der Waals surface area contributed by atoms with Crippen LogP contribution in [-0.2, 0) is 30.0 Å². The molecule has 1 saturated heterocycles. The number of fused-ring (bicyclic) bond motifs is 2. The summed E-state index contributed by atoms with van der Waals surface area (Å²) >= 11 is 0. The number of aliphatic hydroxyl groups excluding tert-OH is 1. The van der Waals surface area contributed by atoms with E-state index < -0.39 is 50.4 Å². The predicted octanol–water partition coefficient (Wildman–Crippen LogP) is 4.23. The fraction of sp³-hybridized carbons (Fsp3) is 0.333. The number of benzene rings is 3. The van der Waals surface area contributed by atoms with Crippen molar-refractivity contribution < 1.29 is 42.8 Å². The second-order valence-electron chi connectivity index (χ2n) is 11.6. The molecule has 14 nitrogen and oxygen atoms in total. The monoisotopic (exact) mass is 677 g/mol. The fourth-order valence-electron chi connectivity index (χ4n) is 5.50. The summed E-state index contributed by atoms with van der Waals surface area (Å²) < 4.78 is 44.6. The lowest BCUT2D eigenvalue weighted by molar-refractivity contribution is -0.146. The Kier molecular flexibility index (Phi) is 9.48. The molecule has 1 fully saturated rings. The minimum atomic E-state index is -4.39. The number of hydrogen-bond donors (Lipinski definition) is 3. The molecule has 5 aromatic rings. The molecular weight excluding hydrogens is 641 g/mol. The van der Waals surface area contributed by atoms with E-state index in [9.17, 15) is 19.6 Å². The number of aliphatic hydroxyl groups is 2. The van der Waals surface area contributed by atoms with Crippen LogP contribution in [0.5, 0.6) is 11.6 Å². The van der Waals surface area contributed by atoms with Crippen LogP contribution in [0, 0.1) is 6.92 Å². The van der Waals surface area contributed by atoms with Crippen molar-refractivity contribution in [3.05, 3.63) is 90.5 Å². The number of carbonyl (C=O) groups is 1. The van der Waals surface area contributed by atoms with Crippen LogP contribution in [0.3, 0.4) is 0 Å². The van der Waals surface area contributed by atoms with Gasteiger partial charge in [0.05, 0.1) is 20.0 Å². The van der Waals surface area contributed by atoms with Crippen LogP contribution in [0.25, 0.3) is 21.9 Å².